The van der Waals surface area contributed by atoms with Crippen LogP contribution in [0.15, 0.2) is 12.1 Å². The number of carbonyl (C=O) groups excluding carboxylic acids is 1. The van der Waals surface area contributed by atoms with Crippen molar-refractivity contribution >= 4 is 40.0 Å². The largest absolute Gasteiger partial charge is 0.416 e. The third-order valence-electron chi connectivity index (χ3n) is 1.73. The molecular formula is C9H5ClF3IO. The number of hydrogen-bond acceptors (Lipinski definition) is 1. The van der Waals surface area contributed by atoms with Crippen LogP contribution >= 0.6 is 34.2 Å². The Labute approximate surface area is 103 Å². The standard InChI is InChI=1S/C9H5ClF3IO/c1-4(15)6-2-5(9(11,12)13)3-7(10)8(6)14/h2-3H,1H3. The fourth-order valence-electron chi connectivity index (χ4n) is 1.01. The lowest BCUT2D eigenvalue weighted by molar-refractivity contribution is -0.137. The van der Waals surface area contributed by atoms with E-state index in [1.807, 2.05) is 0 Å². The topological polar surface area (TPSA) is 17.1 Å². The van der Waals surface area contributed by atoms with Crippen molar-refractivity contribution in [2.45, 2.75) is 13.1 Å². The van der Waals surface area contributed by atoms with Crippen LogP contribution in [0.25, 0.3) is 0 Å². The Hall–Kier alpha value is -0.300. The van der Waals surface area contributed by atoms with E-state index >= 15 is 0 Å². The number of carbonyl (C=O) groups is 1. The van der Waals surface area contributed by atoms with E-state index in [0.717, 1.165) is 12.1 Å². The SMILES string of the molecule is CC(=O)c1cc(C(F)(F)F)cc(Cl)c1I. The molecular weight excluding hydrogens is 343 g/mol. The number of ketones is 1. The molecule has 1 aromatic carbocycles. The lowest BCUT2D eigenvalue weighted by Crippen LogP contribution is -2.08. The molecule has 0 saturated heterocycles. The average molecular weight is 348 g/mol. The summed E-state index contributed by atoms with van der Waals surface area (Å²) in [6.07, 6.45) is -4.49. The first-order chi connectivity index (χ1) is 6.73. The zero-order valence-corrected chi connectivity index (χ0v) is 10.4. The smallest absolute Gasteiger partial charge is 0.294 e. The summed E-state index contributed by atoms with van der Waals surface area (Å²) >= 11 is 7.35. The first-order valence-corrected chi connectivity index (χ1v) is 5.26. The highest BCUT2D eigenvalue weighted by Crippen LogP contribution is 2.34. The van der Waals surface area contributed by atoms with Gasteiger partial charge in [-0.2, -0.15) is 13.2 Å². The third kappa shape index (κ3) is 2.84. The van der Waals surface area contributed by atoms with Gasteiger partial charge in [-0.3, -0.25) is 4.79 Å². The summed E-state index contributed by atoms with van der Waals surface area (Å²) in [4.78, 5) is 11.1. The molecule has 0 aromatic heterocycles. The van der Waals surface area contributed by atoms with Crippen molar-refractivity contribution < 1.29 is 18.0 Å². The van der Waals surface area contributed by atoms with Crippen LogP contribution in [-0.4, -0.2) is 5.78 Å². The van der Waals surface area contributed by atoms with Gasteiger partial charge in [-0.1, -0.05) is 11.6 Å². The molecule has 0 unspecified atom stereocenters. The molecule has 0 aliphatic heterocycles. The quantitative estimate of drug-likeness (QED) is 0.550. The van der Waals surface area contributed by atoms with Crippen LogP contribution in [0.3, 0.4) is 0 Å². The molecule has 0 amide bonds. The Bertz CT molecular complexity index is 415. The number of rotatable bonds is 1. The summed E-state index contributed by atoms with van der Waals surface area (Å²) < 4.78 is 37.5. The van der Waals surface area contributed by atoms with Gasteiger partial charge >= 0.3 is 6.18 Å². The van der Waals surface area contributed by atoms with E-state index in [0.29, 0.717) is 3.57 Å². The zero-order valence-electron chi connectivity index (χ0n) is 7.45. The van der Waals surface area contributed by atoms with Gasteiger partial charge in [-0.05, 0) is 41.6 Å². The molecule has 0 fully saturated rings. The summed E-state index contributed by atoms with van der Waals surface area (Å²) in [5.74, 6) is -0.438. The van der Waals surface area contributed by atoms with Crippen molar-refractivity contribution in [1.29, 1.82) is 0 Å². The van der Waals surface area contributed by atoms with Crippen LogP contribution in [0.4, 0.5) is 13.2 Å². The van der Waals surface area contributed by atoms with Gasteiger partial charge in [0, 0.05) is 9.13 Å². The minimum absolute atomic E-state index is 0.00424. The van der Waals surface area contributed by atoms with Crippen molar-refractivity contribution in [3.63, 3.8) is 0 Å². The number of benzene rings is 1. The van der Waals surface area contributed by atoms with E-state index in [-0.39, 0.29) is 10.6 Å². The maximum Gasteiger partial charge on any atom is 0.416 e. The monoisotopic (exact) mass is 348 g/mol. The summed E-state index contributed by atoms with van der Waals surface area (Å²) in [6, 6.07) is 1.63. The molecule has 0 heterocycles. The second-order valence-corrected chi connectivity index (χ2v) is 4.36. The third-order valence-corrected chi connectivity index (χ3v) is 3.51. The molecule has 1 aromatic rings. The maximum atomic E-state index is 12.4. The van der Waals surface area contributed by atoms with Gasteiger partial charge in [-0.15, -0.1) is 0 Å². The van der Waals surface area contributed by atoms with Crippen LogP contribution in [-0.2, 0) is 6.18 Å². The van der Waals surface area contributed by atoms with Crippen LogP contribution in [0, 0.1) is 3.57 Å². The van der Waals surface area contributed by atoms with Gasteiger partial charge in [0.05, 0.1) is 10.6 Å². The molecule has 1 rings (SSSR count). The summed E-state index contributed by atoms with van der Waals surface area (Å²) in [5.41, 5.74) is -0.909. The van der Waals surface area contributed by atoms with Crippen molar-refractivity contribution in [2.24, 2.45) is 0 Å². The second kappa shape index (κ2) is 4.29. The van der Waals surface area contributed by atoms with Gasteiger partial charge in [-0.25, -0.2) is 0 Å². The predicted octanol–water partition coefficient (Wildman–Crippen LogP) is 4.17. The van der Waals surface area contributed by atoms with E-state index in [4.69, 9.17) is 11.6 Å². The van der Waals surface area contributed by atoms with E-state index in [2.05, 4.69) is 0 Å². The first-order valence-electron chi connectivity index (χ1n) is 3.80. The molecule has 0 spiro atoms. The fraction of sp³-hybridized carbons (Fsp3) is 0.222. The van der Waals surface area contributed by atoms with Gasteiger partial charge in [0.25, 0.3) is 0 Å². The molecule has 0 atom stereocenters. The molecule has 0 radical (unpaired) electrons. The van der Waals surface area contributed by atoms with Crippen molar-refractivity contribution in [3.8, 4) is 0 Å². The van der Waals surface area contributed by atoms with Crippen LogP contribution in [0.1, 0.15) is 22.8 Å². The highest BCUT2D eigenvalue weighted by Gasteiger charge is 2.32. The molecule has 1 nitrogen and oxygen atoms in total. The fourth-order valence-corrected chi connectivity index (χ4v) is 1.92. The summed E-state index contributed by atoms with van der Waals surface area (Å²) in [6.45, 7) is 1.20. The first kappa shape index (κ1) is 12.8. The van der Waals surface area contributed by atoms with Crippen LogP contribution < -0.4 is 0 Å². The van der Waals surface area contributed by atoms with Crippen LogP contribution in [0.2, 0.25) is 5.02 Å². The molecule has 15 heavy (non-hydrogen) atoms. The van der Waals surface area contributed by atoms with E-state index in [1.54, 1.807) is 22.6 Å². The Balaban J connectivity index is 3.43. The molecule has 0 saturated carbocycles. The number of halogens is 5. The maximum absolute atomic E-state index is 12.4. The Kier molecular flexibility index (Phi) is 3.65. The molecule has 0 N–H and O–H groups in total. The minimum Gasteiger partial charge on any atom is -0.294 e. The van der Waals surface area contributed by atoms with Crippen molar-refractivity contribution in [2.75, 3.05) is 0 Å². The molecule has 0 aliphatic rings. The van der Waals surface area contributed by atoms with Gasteiger partial charge in [0.2, 0.25) is 0 Å². The number of alkyl halides is 3. The molecule has 0 bridgehead atoms. The van der Waals surface area contributed by atoms with E-state index < -0.39 is 17.5 Å². The van der Waals surface area contributed by atoms with Gasteiger partial charge in [0.15, 0.2) is 5.78 Å². The lowest BCUT2D eigenvalue weighted by Gasteiger charge is -2.10. The lowest BCUT2D eigenvalue weighted by atomic mass is 10.1. The Morgan fingerprint density at radius 3 is 2.33 bits per heavy atom. The predicted molar refractivity (Wildman–Crippen MR) is 59.2 cm³/mol. The van der Waals surface area contributed by atoms with Crippen molar-refractivity contribution in [1.82, 2.24) is 0 Å². The zero-order chi connectivity index (χ0) is 11.8. The average Bonchev–Trinajstić information content (AvgIpc) is 2.06. The highest BCUT2D eigenvalue weighted by molar-refractivity contribution is 14.1. The number of hydrogen-bond donors (Lipinski definition) is 0. The minimum atomic E-state index is -4.49. The highest BCUT2D eigenvalue weighted by atomic mass is 127. The van der Waals surface area contributed by atoms with Crippen LogP contribution in [0.5, 0.6) is 0 Å². The second-order valence-electron chi connectivity index (χ2n) is 2.87. The van der Waals surface area contributed by atoms with E-state index in [1.165, 1.54) is 6.92 Å². The summed E-state index contributed by atoms with van der Waals surface area (Å²) in [5, 5.41) is -0.0596. The van der Waals surface area contributed by atoms with Crippen molar-refractivity contribution in [3.05, 3.63) is 31.9 Å². The van der Waals surface area contributed by atoms with Gasteiger partial charge in [0.1, 0.15) is 0 Å². The number of Topliss-reactive ketones (excluding diaryl/α,β-unsaturated/α-hetero) is 1. The molecule has 6 heteroatoms. The summed E-state index contributed by atoms with van der Waals surface area (Å²) in [7, 11) is 0. The molecule has 0 aliphatic carbocycles. The normalized spacial score (nSPS) is 11.6. The van der Waals surface area contributed by atoms with E-state index in [9.17, 15) is 18.0 Å². The van der Waals surface area contributed by atoms with Gasteiger partial charge < -0.3 is 0 Å². The Morgan fingerprint density at radius 2 is 1.93 bits per heavy atom. The Morgan fingerprint density at radius 1 is 1.40 bits per heavy atom. The molecule has 82 valence electrons.